The molecular weight excluding hydrogens is 368 g/mol. The second-order valence-electron chi connectivity index (χ2n) is 5.83. The highest BCUT2D eigenvalue weighted by Gasteiger charge is 2.15. The van der Waals surface area contributed by atoms with E-state index in [4.69, 9.17) is 16.3 Å². The lowest BCUT2D eigenvalue weighted by atomic mass is 10.0. The summed E-state index contributed by atoms with van der Waals surface area (Å²) in [6, 6.07) is 12.5. The molecule has 0 heterocycles. The summed E-state index contributed by atoms with van der Waals surface area (Å²) in [5.74, 6) is -0.346. The monoisotopic (exact) mass is 388 g/mol. The number of likely N-dealkylation sites (N-methyl/N-ethyl adjacent to an activating group) is 1. The van der Waals surface area contributed by atoms with Crippen LogP contribution < -0.4 is 15.4 Å². The Kier molecular flexibility index (Phi) is 7.37. The smallest absolute Gasteiger partial charge is 0.258 e. The molecule has 0 saturated heterocycles. The Morgan fingerprint density at radius 2 is 1.56 bits per heavy atom. The van der Waals surface area contributed by atoms with Crippen molar-refractivity contribution in [3.8, 4) is 5.75 Å². The fourth-order valence-electron chi connectivity index (χ4n) is 2.30. The van der Waals surface area contributed by atoms with Gasteiger partial charge in [0.05, 0.1) is 0 Å². The summed E-state index contributed by atoms with van der Waals surface area (Å²) in [4.78, 5) is 35.8. The number of nitrogens with one attached hydrogen (secondary N) is 2. The van der Waals surface area contributed by atoms with Crippen molar-refractivity contribution in [2.24, 2.45) is 0 Å². The first kappa shape index (κ1) is 20.5. The molecule has 0 fully saturated rings. The fraction of sp³-hybridized carbons (Fsp3) is 0.250. The third-order valence-electron chi connectivity index (χ3n) is 3.71. The van der Waals surface area contributed by atoms with Crippen molar-refractivity contribution in [2.75, 3.05) is 13.2 Å². The molecule has 6 nitrogen and oxygen atoms in total. The summed E-state index contributed by atoms with van der Waals surface area (Å²) in [7, 11) is 0. The van der Waals surface area contributed by atoms with Crippen molar-refractivity contribution in [1.82, 2.24) is 10.6 Å². The molecule has 1 atom stereocenters. The van der Waals surface area contributed by atoms with Crippen LogP contribution in [0, 0.1) is 0 Å². The third-order valence-corrected chi connectivity index (χ3v) is 3.97. The van der Waals surface area contributed by atoms with Crippen LogP contribution in [0.5, 0.6) is 5.75 Å². The molecule has 27 heavy (non-hydrogen) atoms. The molecule has 0 radical (unpaired) electrons. The number of benzene rings is 2. The number of ether oxygens (including phenoxy) is 1. The maximum atomic E-state index is 12.4. The lowest BCUT2D eigenvalue weighted by Crippen LogP contribution is -2.46. The van der Waals surface area contributed by atoms with Crippen LogP contribution in [0.25, 0.3) is 0 Å². The minimum absolute atomic E-state index is 0.133. The predicted octanol–water partition coefficient (Wildman–Crippen LogP) is 2.59. The molecular formula is C20H21ClN2O4. The molecule has 0 aliphatic heterocycles. The van der Waals surface area contributed by atoms with E-state index in [2.05, 4.69) is 10.6 Å². The Bertz CT molecular complexity index is 804. The third kappa shape index (κ3) is 6.11. The van der Waals surface area contributed by atoms with Crippen LogP contribution in [0.15, 0.2) is 48.5 Å². The van der Waals surface area contributed by atoms with Crippen LogP contribution in [0.3, 0.4) is 0 Å². The highest BCUT2D eigenvalue weighted by molar-refractivity contribution is 6.30. The molecule has 0 aliphatic rings. The Balaban J connectivity index is 1.88. The van der Waals surface area contributed by atoms with Crippen molar-refractivity contribution in [3.63, 3.8) is 0 Å². The molecule has 0 spiro atoms. The van der Waals surface area contributed by atoms with Gasteiger partial charge in [-0.3, -0.25) is 14.4 Å². The summed E-state index contributed by atoms with van der Waals surface area (Å²) in [5, 5.41) is 5.74. The maximum Gasteiger partial charge on any atom is 0.258 e. The van der Waals surface area contributed by atoms with Crippen LogP contribution >= 0.6 is 11.6 Å². The van der Waals surface area contributed by atoms with E-state index in [1.807, 2.05) is 0 Å². The van der Waals surface area contributed by atoms with E-state index >= 15 is 0 Å². The molecule has 0 aliphatic carbocycles. The number of hydrogen-bond donors (Lipinski definition) is 2. The van der Waals surface area contributed by atoms with E-state index in [1.165, 1.54) is 0 Å². The van der Waals surface area contributed by atoms with Gasteiger partial charge < -0.3 is 15.4 Å². The van der Waals surface area contributed by atoms with Crippen molar-refractivity contribution in [3.05, 3.63) is 64.7 Å². The van der Waals surface area contributed by atoms with Crippen LogP contribution in [0.2, 0.25) is 5.02 Å². The molecule has 2 aromatic rings. The predicted molar refractivity (Wildman–Crippen MR) is 103 cm³/mol. The summed E-state index contributed by atoms with van der Waals surface area (Å²) in [5.41, 5.74) is 1.03. The van der Waals surface area contributed by atoms with E-state index in [9.17, 15) is 14.4 Å². The first-order valence-corrected chi connectivity index (χ1v) is 8.88. The average molecular weight is 389 g/mol. The van der Waals surface area contributed by atoms with Gasteiger partial charge in [-0.15, -0.1) is 0 Å². The van der Waals surface area contributed by atoms with Crippen LogP contribution in [-0.4, -0.2) is 36.8 Å². The fourth-order valence-corrected chi connectivity index (χ4v) is 2.42. The van der Waals surface area contributed by atoms with Crippen molar-refractivity contribution in [2.45, 2.75) is 19.9 Å². The zero-order valence-corrected chi connectivity index (χ0v) is 15.9. The van der Waals surface area contributed by atoms with E-state index in [0.717, 1.165) is 0 Å². The Labute approximate surface area is 162 Å². The van der Waals surface area contributed by atoms with Gasteiger partial charge in [-0.25, -0.2) is 0 Å². The van der Waals surface area contributed by atoms with E-state index in [-0.39, 0.29) is 18.3 Å². The van der Waals surface area contributed by atoms with Crippen molar-refractivity contribution < 1.29 is 19.1 Å². The number of ketones is 1. The summed E-state index contributed by atoms with van der Waals surface area (Å²) in [6.45, 7) is 3.67. The zero-order valence-electron chi connectivity index (χ0n) is 15.1. The van der Waals surface area contributed by atoms with Gasteiger partial charge in [-0.1, -0.05) is 11.6 Å². The second kappa shape index (κ2) is 9.73. The zero-order chi connectivity index (χ0) is 19.8. The maximum absolute atomic E-state index is 12.4. The number of carbonyl (C=O) groups excluding carboxylic acids is 3. The summed E-state index contributed by atoms with van der Waals surface area (Å²) >= 11 is 5.83. The van der Waals surface area contributed by atoms with Crippen LogP contribution in [-0.2, 0) is 9.59 Å². The molecule has 0 saturated carbocycles. The largest absolute Gasteiger partial charge is 0.484 e. The minimum atomic E-state index is -0.638. The SMILES string of the molecule is CCNC(=O)[C@H](C)NC(=O)COc1ccc(C(=O)c2ccc(Cl)cc2)cc1. The van der Waals surface area contributed by atoms with Gasteiger partial charge in [-0.2, -0.15) is 0 Å². The highest BCUT2D eigenvalue weighted by atomic mass is 35.5. The van der Waals surface area contributed by atoms with E-state index in [0.29, 0.717) is 28.4 Å². The molecule has 0 aromatic heterocycles. The van der Waals surface area contributed by atoms with Gasteiger partial charge in [0.1, 0.15) is 11.8 Å². The Hall–Kier alpha value is -2.86. The molecule has 2 aromatic carbocycles. The lowest BCUT2D eigenvalue weighted by molar-refractivity contribution is -0.129. The molecule has 2 rings (SSSR count). The first-order chi connectivity index (χ1) is 12.9. The van der Waals surface area contributed by atoms with E-state index < -0.39 is 11.9 Å². The number of amides is 2. The molecule has 142 valence electrons. The van der Waals surface area contributed by atoms with Gasteiger partial charge in [-0.05, 0) is 62.4 Å². The first-order valence-electron chi connectivity index (χ1n) is 8.51. The lowest BCUT2D eigenvalue weighted by Gasteiger charge is -2.13. The summed E-state index contributed by atoms with van der Waals surface area (Å²) < 4.78 is 5.39. The average Bonchev–Trinajstić information content (AvgIpc) is 2.67. The van der Waals surface area contributed by atoms with Crippen LogP contribution in [0.4, 0.5) is 0 Å². The Morgan fingerprint density at radius 3 is 2.11 bits per heavy atom. The second-order valence-corrected chi connectivity index (χ2v) is 6.27. The van der Waals surface area contributed by atoms with E-state index in [1.54, 1.807) is 62.4 Å². The molecule has 2 amide bonds. The van der Waals surface area contributed by atoms with Crippen molar-refractivity contribution >= 4 is 29.2 Å². The molecule has 7 heteroatoms. The number of halogens is 1. The highest BCUT2D eigenvalue weighted by Crippen LogP contribution is 2.17. The summed E-state index contributed by atoms with van der Waals surface area (Å²) in [6.07, 6.45) is 0. The van der Waals surface area contributed by atoms with Gasteiger partial charge in [0.2, 0.25) is 5.91 Å². The minimum Gasteiger partial charge on any atom is -0.484 e. The molecule has 2 N–H and O–H groups in total. The van der Waals surface area contributed by atoms with Crippen LogP contribution in [0.1, 0.15) is 29.8 Å². The number of rotatable bonds is 8. The van der Waals surface area contributed by atoms with Gasteiger partial charge in [0.25, 0.3) is 5.91 Å². The quantitative estimate of drug-likeness (QED) is 0.681. The topological polar surface area (TPSA) is 84.5 Å². The molecule has 0 bridgehead atoms. The standard InChI is InChI=1S/C20H21ClN2O4/c1-3-22-20(26)13(2)23-18(24)12-27-17-10-6-15(7-11-17)19(25)14-4-8-16(21)9-5-14/h4-11,13H,3,12H2,1-2H3,(H,22,26)(H,23,24)/t13-/m0/s1. The Morgan fingerprint density at radius 1 is 1.00 bits per heavy atom. The number of hydrogen-bond acceptors (Lipinski definition) is 4. The number of carbonyl (C=O) groups is 3. The van der Waals surface area contributed by atoms with Gasteiger partial charge >= 0.3 is 0 Å². The normalized spacial score (nSPS) is 11.4. The van der Waals surface area contributed by atoms with Gasteiger partial charge in [0.15, 0.2) is 12.4 Å². The van der Waals surface area contributed by atoms with Crippen molar-refractivity contribution in [1.29, 1.82) is 0 Å². The molecule has 0 unspecified atom stereocenters. The van der Waals surface area contributed by atoms with Gasteiger partial charge in [0, 0.05) is 22.7 Å².